The lowest BCUT2D eigenvalue weighted by Crippen LogP contribution is -2.41. The molecule has 110 valence electrons. The summed E-state index contributed by atoms with van der Waals surface area (Å²) in [6.45, 7) is 1.64. The van der Waals surface area contributed by atoms with E-state index < -0.39 is 11.5 Å². The third-order valence-electron chi connectivity index (χ3n) is 3.26. The second kappa shape index (κ2) is 5.83. The number of aromatic hydroxyl groups is 1. The second-order valence-corrected chi connectivity index (χ2v) is 4.80. The Labute approximate surface area is 122 Å². The molecular formula is C16H16FNO3. The SMILES string of the molecule is COC(=O)C(C)(Nc1ccc(F)cc1)c1cccc(O)c1. The summed E-state index contributed by atoms with van der Waals surface area (Å²) in [6, 6.07) is 12.0. The van der Waals surface area contributed by atoms with Crippen LogP contribution in [0.2, 0.25) is 0 Å². The van der Waals surface area contributed by atoms with Crippen LogP contribution in [0.25, 0.3) is 0 Å². The van der Waals surface area contributed by atoms with Crippen LogP contribution in [-0.4, -0.2) is 18.2 Å². The van der Waals surface area contributed by atoms with Gasteiger partial charge in [0.15, 0.2) is 5.54 Å². The molecule has 2 rings (SSSR count). The van der Waals surface area contributed by atoms with Crippen LogP contribution in [0.3, 0.4) is 0 Å². The molecule has 0 radical (unpaired) electrons. The maximum atomic E-state index is 13.0. The first-order valence-corrected chi connectivity index (χ1v) is 6.37. The summed E-state index contributed by atoms with van der Waals surface area (Å²) in [5, 5.41) is 12.6. The molecule has 0 fully saturated rings. The van der Waals surface area contributed by atoms with Gasteiger partial charge >= 0.3 is 5.97 Å². The lowest BCUT2D eigenvalue weighted by atomic mass is 9.91. The maximum absolute atomic E-state index is 13.0. The van der Waals surface area contributed by atoms with Gasteiger partial charge in [-0.05, 0) is 48.9 Å². The zero-order valence-corrected chi connectivity index (χ0v) is 11.8. The molecule has 0 saturated carbocycles. The van der Waals surface area contributed by atoms with Gasteiger partial charge < -0.3 is 15.2 Å². The van der Waals surface area contributed by atoms with Crippen LogP contribution >= 0.6 is 0 Å². The zero-order valence-electron chi connectivity index (χ0n) is 11.8. The third kappa shape index (κ3) is 3.13. The predicted octanol–water partition coefficient (Wildman–Crippen LogP) is 3.03. The maximum Gasteiger partial charge on any atom is 0.335 e. The van der Waals surface area contributed by atoms with E-state index in [0.717, 1.165) is 0 Å². The molecule has 5 heteroatoms. The van der Waals surface area contributed by atoms with Crippen LogP contribution in [0.1, 0.15) is 12.5 Å². The van der Waals surface area contributed by atoms with E-state index in [4.69, 9.17) is 4.74 Å². The first kappa shape index (κ1) is 14.8. The Morgan fingerprint density at radius 3 is 2.48 bits per heavy atom. The molecule has 21 heavy (non-hydrogen) atoms. The lowest BCUT2D eigenvalue weighted by Gasteiger charge is -2.29. The van der Waals surface area contributed by atoms with Crippen LogP contribution in [0, 0.1) is 5.82 Å². The Kier molecular flexibility index (Phi) is 4.12. The van der Waals surface area contributed by atoms with Gasteiger partial charge in [-0.15, -0.1) is 0 Å². The summed E-state index contributed by atoms with van der Waals surface area (Å²) in [7, 11) is 1.29. The van der Waals surface area contributed by atoms with Crippen LogP contribution in [-0.2, 0) is 15.1 Å². The highest BCUT2D eigenvalue weighted by Gasteiger charge is 2.36. The Balaban J connectivity index is 2.42. The van der Waals surface area contributed by atoms with E-state index in [2.05, 4.69) is 5.32 Å². The van der Waals surface area contributed by atoms with Gasteiger partial charge in [-0.25, -0.2) is 9.18 Å². The summed E-state index contributed by atoms with van der Waals surface area (Å²) >= 11 is 0. The molecule has 0 spiro atoms. The van der Waals surface area contributed by atoms with Crippen LogP contribution in [0.15, 0.2) is 48.5 Å². The molecule has 0 bridgehead atoms. The second-order valence-electron chi connectivity index (χ2n) is 4.80. The molecule has 2 aromatic rings. The third-order valence-corrected chi connectivity index (χ3v) is 3.26. The van der Waals surface area contributed by atoms with Crippen LogP contribution < -0.4 is 5.32 Å². The normalized spacial score (nSPS) is 13.3. The van der Waals surface area contributed by atoms with E-state index in [0.29, 0.717) is 11.3 Å². The van der Waals surface area contributed by atoms with E-state index >= 15 is 0 Å². The quantitative estimate of drug-likeness (QED) is 0.849. The number of hydrogen-bond donors (Lipinski definition) is 2. The fraction of sp³-hybridized carbons (Fsp3) is 0.188. The first-order valence-electron chi connectivity index (χ1n) is 6.37. The van der Waals surface area contributed by atoms with Gasteiger partial charge in [0.05, 0.1) is 7.11 Å². The van der Waals surface area contributed by atoms with Crippen LogP contribution in [0.4, 0.5) is 10.1 Å². The van der Waals surface area contributed by atoms with Gasteiger partial charge in [-0.1, -0.05) is 12.1 Å². The van der Waals surface area contributed by atoms with E-state index in [1.165, 1.54) is 43.5 Å². The van der Waals surface area contributed by atoms with E-state index in [1.54, 1.807) is 19.1 Å². The summed E-state index contributed by atoms with van der Waals surface area (Å²) < 4.78 is 17.8. The first-order chi connectivity index (χ1) is 9.95. The molecule has 0 aliphatic carbocycles. The highest BCUT2D eigenvalue weighted by Crippen LogP contribution is 2.29. The van der Waals surface area contributed by atoms with Crippen molar-refractivity contribution in [2.24, 2.45) is 0 Å². The standard InChI is InChI=1S/C16H16FNO3/c1-16(15(20)21-2,11-4-3-5-14(19)10-11)18-13-8-6-12(17)7-9-13/h3-10,18-19H,1-2H3. The van der Waals surface area contributed by atoms with Crippen molar-refractivity contribution in [3.05, 3.63) is 59.9 Å². The van der Waals surface area contributed by atoms with Gasteiger partial charge in [-0.2, -0.15) is 0 Å². The molecule has 0 aliphatic heterocycles. The summed E-state index contributed by atoms with van der Waals surface area (Å²) in [6.07, 6.45) is 0. The number of nitrogens with one attached hydrogen (secondary N) is 1. The van der Waals surface area contributed by atoms with Crippen molar-refractivity contribution in [3.8, 4) is 5.75 Å². The average molecular weight is 289 g/mol. The number of ether oxygens (including phenoxy) is 1. The molecule has 1 unspecified atom stereocenters. The molecule has 0 saturated heterocycles. The molecule has 4 nitrogen and oxygen atoms in total. The highest BCUT2D eigenvalue weighted by molar-refractivity contribution is 5.85. The van der Waals surface area contributed by atoms with Crippen molar-refractivity contribution < 1.29 is 19.0 Å². The Hall–Kier alpha value is -2.56. The molecule has 0 aromatic heterocycles. The van der Waals surface area contributed by atoms with E-state index in [-0.39, 0.29) is 11.6 Å². The van der Waals surface area contributed by atoms with Gasteiger partial charge in [0.25, 0.3) is 0 Å². The fourth-order valence-corrected chi connectivity index (χ4v) is 2.08. The molecule has 2 aromatic carbocycles. The number of benzene rings is 2. The highest BCUT2D eigenvalue weighted by atomic mass is 19.1. The molecule has 0 aliphatic rings. The Morgan fingerprint density at radius 1 is 1.24 bits per heavy atom. The van der Waals surface area contributed by atoms with Crippen molar-refractivity contribution in [2.75, 3.05) is 12.4 Å². The van der Waals surface area contributed by atoms with Gasteiger partial charge in [-0.3, -0.25) is 0 Å². The molecular weight excluding hydrogens is 273 g/mol. The molecule has 0 amide bonds. The van der Waals surface area contributed by atoms with Gasteiger partial charge in [0, 0.05) is 5.69 Å². The number of rotatable bonds is 4. The zero-order chi connectivity index (χ0) is 15.5. The smallest absolute Gasteiger partial charge is 0.335 e. The number of phenols is 1. The summed E-state index contributed by atoms with van der Waals surface area (Å²) in [4.78, 5) is 12.2. The number of carbonyl (C=O) groups excluding carboxylic acids is 1. The van der Waals surface area contributed by atoms with Crippen molar-refractivity contribution in [3.63, 3.8) is 0 Å². The minimum Gasteiger partial charge on any atom is -0.508 e. The predicted molar refractivity (Wildman–Crippen MR) is 77.5 cm³/mol. The van der Waals surface area contributed by atoms with Gasteiger partial charge in [0.2, 0.25) is 0 Å². The number of esters is 1. The monoisotopic (exact) mass is 289 g/mol. The van der Waals surface area contributed by atoms with Crippen molar-refractivity contribution in [1.82, 2.24) is 0 Å². The van der Waals surface area contributed by atoms with Crippen molar-refractivity contribution in [1.29, 1.82) is 0 Å². The molecule has 1 atom stereocenters. The lowest BCUT2D eigenvalue weighted by molar-refractivity contribution is -0.145. The van der Waals surface area contributed by atoms with E-state index in [1.807, 2.05) is 0 Å². The number of hydrogen-bond acceptors (Lipinski definition) is 4. The molecule has 0 heterocycles. The Morgan fingerprint density at radius 2 is 1.90 bits per heavy atom. The Bertz CT molecular complexity index is 642. The minimum absolute atomic E-state index is 0.0449. The summed E-state index contributed by atoms with van der Waals surface area (Å²) in [5.74, 6) is -0.835. The summed E-state index contributed by atoms with van der Waals surface area (Å²) in [5.41, 5.74) is -0.1000. The van der Waals surface area contributed by atoms with E-state index in [9.17, 15) is 14.3 Å². The minimum atomic E-state index is -1.20. The topological polar surface area (TPSA) is 58.6 Å². The molecule has 2 N–H and O–H groups in total. The fourth-order valence-electron chi connectivity index (χ4n) is 2.08. The van der Waals surface area contributed by atoms with Crippen LogP contribution in [0.5, 0.6) is 5.75 Å². The van der Waals surface area contributed by atoms with Gasteiger partial charge in [0.1, 0.15) is 11.6 Å². The number of carbonyl (C=O) groups is 1. The number of phenolic OH excluding ortho intramolecular Hbond substituents is 1. The number of anilines is 1. The average Bonchev–Trinajstić information content (AvgIpc) is 2.48. The van der Waals surface area contributed by atoms with Crippen molar-refractivity contribution >= 4 is 11.7 Å². The van der Waals surface area contributed by atoms with Crippen molar-refractivity contribution in [2.45, 2.75) is 12.5 Å². The number of halogens is 1. The number of methoxy groups -OCH3 is 1. The largest absolute Gasteiger partial charge is 0.508 e.